The van der Waals surface area contributed by atoms with E-state index in [1.54, 1.807) is 0 Å². The summed E-state index contributed by atoms with van der Waals surface area (Å²) in [4.78, 5) is 22.6. The summed E-state index contributed by atoms with van der Waals surface area (Å²) < 4.78 is -4.08. The van der Waals surface area contributed by atoms with Crippen LogP contribution < -0.4 is 10.6 Å². The minimum atomic E-state index is -2.04. The van der Waals surface area contributed by atoms with E-state index >= 15 is 0 Å². The summed E-state index contributed by atoms with van der Waals surface area (Å²) in [6.45, 7) is 0. The van der Waals surface area contributed by atoms with E-state index in [0.717, 1.165) is 0 Å². The monoisotopic (exact) mass is 550 g/mol. The highest BCUT2D eigenvalue weighted by molar-refractivity contribution is 6.76. The van der Waals surface area contributed by atoms with Gasteiger partial charge in [-0.3, -0.25) is 9.59 Å². The molecule has 8 nitrogen and oxygen atoms in total. The van der Waals surface area contributed by atoms with Crippen LogP contribution in [0.3, 0.4) is 0 Å². The first kappa shape index (κ1) is 28.6. The Morgan fingerprint density at radius 1 is 0.633 bits per heavy atom. The number of alkyl halides is 6. The Kier molecular flexibility index (Phi) is 11.5. The summed E-state index contributed by atoms with van der Waals surface area (Å²) in [5, 5.41) is 42.6. The van der Waals surface area contributed by atoms with E-state index in [1.165, 1.54) is 0 Å². The molecule has 6 atom stereocenters. The molecular formula is C16H24Cl6N2O6. The van der Waals surface area contributed by atoms with Crippen LogP contribution in [0.15, 0.2) is 0 Å². The number of hydrogen-bond donors (Lipinski definition) is 6. The molecule has 0 aromatic rings. The first-order valence-electron chi connectivity index (χ1n) is 9.12. The van der Waals surface area contributed by atoms with E-state index in [-0.39, 0.29) is 0 Å². The summed E-state index contributed by atoms with van der Waals surface area (Å²) in [5.74, 6) is -1.57. The van der Waals surface area contributed by atoms with Crippen LogP contribution in [0.1, 0.15) is 38.5 Å². The van der Waals surface area contributed by atoms with Crippen LogP contribution in [0.5, 0.6) is 0 Å². The van der Waals surface area contributed by atoms with E-state index in [2.05, 4.69) is 10.6 Å². The summed E-state index contributed by atoms with van der Waals surface area (Å²) in [6.07, 6.45) is -0.103. The first-order chi connectivity index (χ1) is 13.6. The minimum absolute atomic E-state index is 0.515. The van der Waals surface area contributed by atoms with Gasteiger partial charge in [0.2, 0.25) is 0 Å². The predicted molar refractivity (Wildman–Crippen MR) is 116 cm³/mol. The van der Waals surface area contributed by atoms with Gasteiger partial charge in [0.25, 0.3) is 19.4 Å². The normalized spacial score (nSPS) is 32.5. The van der Waals surface area contributed by atoms with Crippen LogP contribution in [0.2, 0.25) is 0 Å². The van der Waals surface area contributed by atoms with Crippen molar-refractivity contribution in [3.63, 3.8) is 0 Å². The van der Waals surface area contributed by atoms with Gasteiger partial charge in [-0.05, 0) is 38.5 Å². The van der Waals surface area contributed by atoms with Gasteiger partial charge in [0, 0.05) is 0 Å². The van der Waals surface area contributed by atoms with Gasteiger partial charge in [0.15, 0.2) is 0 Å². The van der Waals surface area contributed by atoms with Crippen LogP contribution in [-0.2, 0) is 9.59 Å². The molecule has 2 saturated carbocycles. The quantitative estimate of drug-likeness (QED) is 0.287. The summed E-state index contributed by atoms with van der Waals surface area (Å²) in [7, 11) is 0. The van der Waals surface area contributed by atoms with Crippen molar-refractivity contribution in [2.45, 2.75) is 82.6 Å². The summed E-state index contributed by atoms with van der Waals surface area (Å²) >= 11 is 32.2. The number of carbonyl (C=O) groups excluding carboxylic acids is 2. The highest BCUT2D eigenvalue weighted by atomic mass is 35.6. The van der Waals surface area contributed by atoms with Gasteiger partial charge in [0.1, 0.15) is 0 Å². The van der Waals surface area contributed by atoms with Crippen LogP contribution in [-0.4, -0.2) is 76.3 Å². The Balaban J connectivity index is 0.000000300. The standard InChI is InChI=1S/2C8H12Cl3NO3/c2*9-8(10,11)7(15)12-4-2-1-3-5(13)6(4)14/h2*4-6,13-14H,1-3H2,(H,12,15)/t2*4-,5-,6+/m10/s1. The van der Waals surface area contributed by atoms with Crippen molar-refractivity contribution in [1.29, 1.82) is 0 Å². The van der Waals surface area contributed by atoms with Gasteiger partial charge in [0.05, 0.1) is 36.5 Å². The lowest BCUT2D eigenvalue weighted by Gasteiger charge is -2.32. The van der Waals surface area contributed by atoms with Crippen molar-refractivity contribution in [3.05, 3.63) is 0 Å². The van der Waals surface area contributed by atoms with Crippen molar-refractivity contribution in [2.24, 2.45) is 0 Å². The molecule has 2 aliphatic rings. The molecule has 30 heavy (non-hydrogen) atoms. The van der Waals surface area contributed by atoms with Gasteiger partial charge < -0.3 is 31.1 Å². The Morgan fingerprint density at radius 2 is 0.933 bits per heavy atom. The molecule has 2 amide bonds. The third kappa shape index (κ3) is 9.17. The Hall–Kier alpha value is 0.520. The number of halogens is 6. The van der Waals surface area contributed by atoms with E-state index in [9.17, 15) is 30.0 Å². The summed E-state index contributed by atoms with van der Waals surface area (Å²) in [5.41, 5.74) is 0. The second-order valence-electron chi connectivity index (χ2n) is 7.13. The van der Waals surface area contributed by atoms with E-state index in [1.807, 2.05) is 0 Å². The average molecular weight is 553 g/mol. The number of hydrogen-bond acceptors (Lipinski definition) is 6. The van der Waals surface area contributed by atoms with Gasteiger partial charge in [-0.25, -0.2) is 0 Å². The lowest BCUT2D eigenvalue weighted by atomic mass is 9.90. The highest BCUT2D eigenvalue weighted by Crippen LogP contribution is 2.28. The third-order valence-corrected chi connectivity index (χ3v) is 5.82. The highest BCUT2D eigenvalue weighted by Gasteiger charge is 2.38. The largest absolute Gasteiger partial charge is 0.390 e. The average Bonchev–Trinajstić information content (AvgIpc) is 2.61. The topological polar surface area (TPSA) is 139 Å². The molecule has 0 spiro atoms. The van der Waals surface area contributed by atoms with Gasteiger partial charge in [-0.2, -0.15) is 0 Å². The molecule has 0 aliphatic heterocycles. The molecule has 6 N–H and O–H groups in total. The fraction of sp³-hybridized carbons (Fsp3) is 0.875. The molecule has 0 bridgehead atoms. The molecule has 0 radical (unpaired) electrons. The van der Waals surface area contributed by atoms with Crippen molar-refractivity contribution < 1.29 is 30.0 Å². The number of aliphatic hydroxyl groups is 4. The molecule has 2 fully saturated rings. The van der Waals surface area contributed by atoms with E-state index < -0.39 is 55.9 Å². The lowest BCUT2D eigenvalue weighted by molar-refractivity contribution is -0.124. The van der Waals surface area contributed by atoms with Crippen molar-refractivity contribution in [3.8, 4) is 0 Å². The zero-order chi connectivity index (χ0) is 23.3. The predicted octanol–water partition coefficient (Wildman–Crippen LogP) is 1.49. The van der Waals surface area contributed by atoms with Crippen LogP contribution in [0, 0.1) is 0 Å². The van der Waals surface area contributed by atoms with Gasteiger partial charge >= 0.3 is 0 Å². The third-order valence-electron chi connectivity index (χ3n) is 4.79. The van der Waals surface area contributed by atoms with Crippen molar-refractivity contribution in [1.82, 2.24) is 10.6 Å². The maximum Gasteiger partial charge on any atom is 0.272 e. The first-order valence-corrected chi connectivity index (χ1v) is 11.4. The lowest BCUT2D eigenvalue weighted by Crippen LogP contribution is -2.53. The molecule has 0 heterocycles. The number of carbonyl (C=O) groups is 2. The SMILES string of the molecule is O=C(N[C@@H]1CCC[C@@H](O)[C@H]1O)C(Cl)(Cl)Cl.O=C(N[C@H]1CCC[C@H](O)[C@@H]1O)C(Cl)(Cl)Cl. The van der Waals surface area contributed by atoms with Crippen molar-refractivity contribution in [2.75, 3.05) is 0 Å². The van der Waals surface area contributed by atoms with Gasteiger partial charge in [-0.1, -0.05) is 69.6 Å². The van der Waals surface area contributed by atoms with Crippen LogP contribution in [0.4, 0.5) is 0 Å². The zero-order valence-corrected chi connectivity index (χ0v) is 20.1. The number of amides is 2. The smallest absolute Gasteiger partial charge is 0.272 e. The maximum atomic E-state index is 11.3. The summed E-state index contributed by atoms with van der Waals surface area (Å²) in [6, 6.07) is -1.12. The second-order valence-corrected chi connectivity index (χ2v) is 11.7. The number of rotatable bonds is 2. The molecule has 14 heteroatoms. The van der Waals surface area contributed by atoms with Crippen molar-refractivity contribution >= 4 is 81.4 Å². The van der Waals surface area contributed by atoms with E-state index in [4.69, 9.17) is 69.6 Å². The zero-order valence-electron chi connectivity index (χ0n) is 15.6. The fourth-order valence-electron chi connectivity index (χ4n) is 3.13. The molecule has 0 saturated heterocycles. The molecule has 176 valence electrons. The molecule has 2 aliphatic carbocycles. The molecule has 0 aromatic heterocycles. The molecular weight excluding hydrogens is 529 g/mol. The van der Waals surface area contributed by atoms with Gasteiger partial charge in [-0.15, -0.1) is 0 Å². The molecule has 0 unspecified atom stereocenters. The minimum Gasteiger partial charge on any atom is -0.390 e. The Bertz CT molecular complexity index is 538. The number of nitrogens with one attached hydrogen (secondary N) is 2. The van der Waals surface area contributed by atoms with E-state index in [0.29, 0.717) is 38.5 Å². The van der Waals surface area contributed by atoms with Crippen LogP contribution in [0.25, 0.3) is 0 Å². The molecule has 0 aromatic carbocycles. The van der Waals surface area contributed by atoms with Crippen LogP contribution >= 0.6 is 69.6 Å². The Labute approximate surface area is 204 Å². The molecule has 2 rings (SSSR count). The maximum absolute atomic E-state index is 11.3. The fourth-order valence-corrected chi connectivity index (χ4v) is 3.46. The Morgan fingerprint density at radius 3 is 1.20 bits per heavy atom. The number of aliphatic hydroxyl groups excluding tert-OH is 4. The second kappa shape index (κ2) is 12.1.